The Balaban J connectivity index is 3.18. The number of carbonyl (C=O) groups is 3. The summed E-state index contributed by atoms with van der Waals surface area (Å²) in [7, 11) is 3.66. The normalized spacial score (nSPS) is 10.6. The molecule has 0 saturated carbocycles. The van der Waals surface area contributed by atoms with Gasteiger partial charge in [-0.1, -0.05) is 0 Å². The van der Waals surface area contributed by atoms with Crippen molar-refractivity contribution in [1.82, 2.24) is 0 Å². The lowest BCUT2D eigenvalue weighted by atomic mass is 10.2. The van der Waals surface area contributed by atoms with E-state index in [-0.39, 0.29) is 22.7 Å². The monoisotopic (exact) mass is 309 g/mol. The van der Waals surface area contributed by atoms with Gasteiger partial charge < -0.3 is 24.6 Å². The third-order valence-electron chi connectivity index (χ3n) is 2.59. The number of nitrogens with one attached hydrogen (secondary N) is 1. The van der Waals surface area contributed by atoms with Crippen LogP contribution in [0.5, 0.6) is 5.75 Å². The Morgan fingerprint density at radius 2 is 1.82 bits per heavy atom. The van der Waals surface area contributed by atoms with Crippen molar-refractivity contribution in [1.29, 1.82) is 0 Å². The Hall–Kier alpha value is -3.03. The van der Waals surface area contributed by atoms with Crippen LogP contribution in [-0.2, 0) is 19.1 Å². The summed E-state index contributed by atoms with van der Waals surface area (Å²) < 4.78 is 14.1. The summed E-state index contributed by atoms with van der Waals surface area (Å²) in [5.74, 6) is -2.49. The summed E-state index contributed by atoms with van der Waals surface area (Å²) in [5.41, 5.74) is 0.114. The molecule has 0 saturated heterocycles. The Morgan fingerprint density at radius 1 is 1.14 bits per heavy atom. The molecule has 118 valence electrons. The molecule has 0 bridgehead atoms. The second-order valence-corrected chi connectivity index (χ2v) is 3.92. The van der Waals surface area contributed by atoms with E-state index in [0.717, 1.165) is 20.3 Å². The molecule has 1 aromatic rings. The molecule has 0 fully saturated rings. The zero-order chi connectivity index (χ0) is 16.7. The molecule has 2 N–H and O–H groups in total. The maximum Gasteiger partial charge on any atom is 0.354 e. The van der Waals surface area contributed by atoms with E-state index in [4.69, 9.17) is 9.84 Å². The molecule has 0 amide bonds. The highest BCUT2D eigenvalue weighted by Crippen LogP contribution is 2.27. The number of ether oxygens (including phenoxy) is 3. The third kappa shape index (κ3) is 4.23. The van der Waals surface area contributed by atoms with Crippen molar-refractivity contribution in [3.63, 3.8) is 0 Å². The number of hydrogen-bond donors (Lipinski definition) is 2. The van der Waals surface area contributed by atoms with Gasteiger partial charge in [0, 0.05) is 0 Å². The lowest BCUT2D eigenvalue weighted by molar-refractivity contribution is -0.138. The van der Waals surface area contributed by atoms with E-state index in [0.29, 0.717) is 0 Å². The van der Waals surface area contributed by atoms with Crippen LogP contribution in [0.2, 0.25) is 0 Å². The predicted molar refractivity (Wildman–Crippen MR) is 75.7 cm³/mol. The van der Waals surface area contributed by atoms with Gasteiger partial charge in [-0.2, -0.15) is 0 Å². The minimum absolute atomic E-state index is 0.0129. The number of hydrogen-bond acceptors (Lipinski definition) is 7. The summed E-state index contributed by atoms with van der Waals surface area (Å²) in [5, 5.41) is 11.6. The van der Waals surface area contributed by atoms with Gasteiger partial charge >= 0.3 is 17.9 Å². The smallest absolute Gasteiger partial charge is 0.354 e. The number of aromatic carboxylic acids is 1. The van der Waals surface area contributed by atoms with E-state index < -0.39 is 17.9 Å². The van der Waals surface area contributed by atoms with E-state index in [1.807, 2.05) is 0 Å². The van der Waals surface area contributed by atoms with Crippen molar-refractivity contribution in [2.24, 2.45) is 0 Å². The Bertz CT molecular complexity index is 622. The maximum absolute atomic E-state index is 11.6. The zero-order valence-electron chi connectivity index (χ0n) is 12.2. The number of esters is 2. The van der Waals surface area contributed by atoms with E-state index in [2.05, 4.69) is 14.8 Å². The molecule has 0 spiro atoms. The first-order valence-corrected chi connectivity index (χ1v) is 5.99. The first-order valence-electron chi connectivity index (χ1n) is 5.99. The van der Waals surface area contributed by atoms with Crippen LogP contribution in [0, 0.1) is 0 Å². The largest absolute Gasteiger partial charge is 0.495 e. The van der Waals surface area contributed by atoms with Crippen molar-refractivity contribution in [3.8, 4) is 5.75 Å². The van der Waals surface area contributed by atoms with Crippen LogP contribution in [0.1, 0.15) is 10.4 Å². The highest BCUT2D eigenvalue weighted by atomic mass is 16.5. The topological polar surface area (TPSA) is 111 Å². The number of anilines is 1. The maximum atomic E-state index is 11.6. The molecule has 0 unspecified atom stereocenters. The molecule has 22 heavy (non-hydrogen) atoms. The SMILES string of the molecule is COC(=O)/C=C(/Nc1ccc(C(=O)O)cc1OC)C(=O)OC. The Kier molecular flexibility index (Phi) is 5.94. The van der Waals surface area contributed by atoms with Crippen LogP contribution in [0.25, 0.3) is 0 Å². The number of benzene rings is 1. The quantitative estimate of drug-likeness (QED) is 0.592. The van der Waals surface area contributed by atoms with Gasteiger partial charge in [0.05, 0.1) is 38.7 Å². The third-order valence-corrected chi connectivity index (χ3v) is 2.59. The number of rotatable bonds is 6. The van der Waals surface area contributed by atoms with Crippen molar-refractivity contribution in [2.45, 2.75) is 0 Å². The van der Waals surface area contributed by atoms with Crippen LogP contribution >= 0.6 is 0 Å². The van der Waals surface area contributed by atoms with Crippen molar-refractivity contribution in [3.05, 3.63) is 35.5 Å². The van der Waals surface area contributed by atoms with Crippen LogP contribution in [0.3, 0.4) is 0 Å². The highest BCUT2D eigenvalue weighted by Gasteiger charge is 2.16. The molecule has 0 atom stereocenters. The molecular weight excluding hydrogens is 294 g/mol. The highest BCUT2D eigenvalue weighted by molar-refractivity contribution is 5.99. The minimum Gasteiger partial charge on any atom is -0.495 e. The Labute approximate surface area is 126 Å². The molecule has 8 heteroatoms. The van der Waals surface area contributed by atoms with Gasteiger partial charge in [-0.25, -0.2) is 14.4 Å². The molecule has 1 aromatic carbocycles. The predicted octanol–water partition coefficient (Wildman–Crippen LogP) is 1.04. The van der Waals surface area contributed by atoms with Gasteiger partial charge in [-0.3, -0.25) is 0 Å². The fourth-order valence-electron chi connectivity index (χ4n) is 1.51. The van der Waals surface area contributed by atoms with Gasteiger partial charge in [-0.05, 0) is 18.2 Å². The van der Waals surface area contributed by atoms with Gasteiger partial charge in [0.15, 0.2) is 0 Å². The molecule has 1 rings (SSSR count). The fourth-order valence-corrected chi connectivity index (χ4v) is 1.51. The number of carbonyl (C=O) groups excluding carboxylic acids is 2. The Morgan fingerprint density at radius 3 is 2.32 bits per heavy atom. The van der Waals surface area contributed by atoms with Gasteiger partial charge in [0.25, 0.3) is 0 Å². The average Bonchev–Trinajstić information content (AvgIpc) is 2.53. The summed E-state index contributed by atoms with van der Waals surface area (Å²) in [4.78, 5) is 33.8. The molecule has 0 heterocycles. The molecule has 8 nitrogen and oxygen atoms in total. The molecule has 0 radical (unpaired) electrons. The van der Waals surface area contributed by atoms with Gasteiger partial charge in [0.2, 0.25) is 0 Å². The average molecular weight is 309 g/mol. The molecular formula is C14H15NO7. The van der Waals surface area contributed by atoms with E-state index >= 15 is 0 Å². The zero-order valence-corrected chi connectivity index (χ0v) is 12.2. The number of carboxylic acids is 1. The van der Waals surface area contributed by atoms with Gasteiger partial charge in [-0.15, -0.1) is 0 Å². The number of carboxylic acid groups (broad SMARTS) is 1. The van der Waals surface area contributed by atoms with E-state index in [9.17, 15) is 14.4 Å². The number of methoxy groups -OCH3 is 3. The van der Waals surface area contributed by atoms with Crippen molar-refractivity contribution < 1.29 is 33.7 Å². The first-order chi connectivity index (χ1) is 10.4. The van der Waals surface area contributed by atoms with Crippen LogP contribution in [-0.4, -0.2) is 44.3 Å². The minimum atomic E-state index is -1.12. The van der Waals surface area contributed by atoms with Crippen LogP contribution in [0.15, 0.2) is 30.0 Å². The van der Waals surface area contributed by atoms with E-state index in [1.165, 1.54) is 25.3 Å². The van der Waals surface area contributed by atoms with Crippen molar-refractivity contribution in [2.75, 3.05) is 26.6 Å². The van der Waals surface area contributed by atoms with Crippen molar-refractivity contribution >= 4 is 23.6 Å². The fraction of sp³-hybridized carbons (Fsp3) is 0.214. The summed E-state index contributed by atoms with van der Waals surface area (Å²) in [6, 6.07) is 3.99. The second kappa shape index (κ2) is 7.67. The summed E-state index contributed by atoms with van der Waals surface area (Å²) in [6.45, 7) is 0. The van der Waals surface area contributed by atoms with Crippen LogP contribution in [0.4, 0.5) is 5.69 Å². The standard InChI is InChI=1S/C14H15NO7/c1-20-11-6-8(13(17)18)4-5-9(11)15-10(14(19)22-3)7-12(16)21-2/h4-7,15H,1-3H3,(H,17,18)/b10-7+. The summed E-state index contributed by atoms with van der Waals surface area (Å²) >= 11 is 0. The van der Waals surface area contributed by atoms with Crippen LogP contribution < -0.4 is 10.1 Å². The van der Waals surface area contributed by atoms with E-state index in [1.54, 1.807) is 0 Å². The summed E-state index contributed by atoms with van der Waals surface area (Å²) in [6.07, 6.45) is 0.913. The lowest BCUT2D eigenvalue weighted by Crippen LogP contribution is -2.16. The molecule has 0 aliphatic carbocycles. The first kappa shape index (κ1) is 17.0. The lowest BCUT2D eigenvalue weighted by Gasteiger charge is -2.13. The van der Waals surface area contributed by atoms with Gasteiger partial charge in [0.1, 0.15) is 11.4 Å². The molecule has 0 aliphatic heterocycles. The molecule has 0 aliphatic rings. The second-order valence-electron chi connectivity index (χ2n) is 3.92. The molecule has 0 aromatic heterocycles.